The maximum atomic E-state index is 12.7. The number of nitrogens with zero attached hydrogens (tertiary/aromatic N) is 1. The van der Waals surface area contributed by atoms with Crippen LogP contribution in [-0.4, -0.2) is 70.0 Å². The van der Waals surface area contributed by atoms with Crippen LogP contribution in [0.3, 0.4) is 0 Å². The highest BCUT2D eigenvalue weighted by Crippen LogP contribution is 2.38. The fourth-order valence-corrected chi connectivity index (χ4v) is 6.76. The molecule has 0 N–H and O–H groups in total. The van der Waals surface area contributed by atoms with E-state index in [1.165, 1.54) is 96.3 Å². The van der Waals surface area contributed by atoms with Gasteiger partial charge in [0.05, 0.1) is 27.7 Å². The molecular weight excluding hydrogens is 725 g/mol. The molecule has 328 valence electrons. The number of hydrogen-bond acceptors (Lipinski definition) is 8. The number of quaternary nitrogens is 1. The van der Waals surface area contributed by atoms with Crippen molar-refractivity contribution in [3.63, 3.8) is 0 Å². The smallest absolute Gasteiger partial charge is 0.306 e. The molecule has 0 spiro atoms. The molecule has 0 aliphatic rings. The molecule has 0 fully saturated rings. The number of allylic oxidation sites excluding steroid dienone is 6. The second-order valence-corrected chi connectivity index (χ2v) is 17.8. The Bertz CT molecular complexity index is 1050. The summed E-state index contributed by atoms with van der Waals surface area (Å²) >= 11 is 0. The van der Waals surface area contributed by atoms with E-state index in [4.69, 9.17) is 18.5 Å². The number of esters is 2. The van der Waals surface area contributed by atoms with Gasteiger partial charge in [-0.1, -0.05) is 147 Å². The third kappa shape index (κ3) is 41.9. The molecule has 0 bridgehead atoms. The van der Waals surface area contributed by atoms with E-state index in [2.05, 4.69) is 50.3 Å². The Morgan fingerprint density at radius 2 is 0.964 bits per heavy atom. The first-order chi connectivity index (χ1) is 27.0. The third-order valence-corrected chi connectivity index (χ3v) is 10.6. The normalized spacial score (nSPS) is 13.9. The predicted octanol–water partition coefficient (Wildman–Crippen LogP) is 12.3. The molecule has 0 amide bonds. The first kappa shape index (κ1) is 54.2. The van der Waals surface area contributed by atoms with E-state index in [0.717, 1.165) is 64.2 Å². The molecule has 0 rings (SSSR count). The van der Waals surface area contributed by atoms with Crippen LogP contribution in [0.25, 0.3) is 0 Å². The highest BCUT2D eigenvalue weighted by molar-refractivity contribution is 7.45. The van der Waals surface area contributed by atoms with E-state index in [0.29, 0.717) is 17.4 Å². The van der Waals surface area contributed by atoms with E-state index < -0.39 is 32.5 Å². The highest BCUT2D eigenvalue weighted by Gasteiger charge is 2.21. The maximum Gasteiger partial charge on any atom is 0.306 e. The summed E-state index contributed by atoms with van der Waals surface area (Å²) in [5.74, 6) is -0.847. The van der Waals surface area contributed by atoms with Crippen LogP contribution in [0.1, 0.15) is 194 Å². The van der Waals surface area contributed by atoms with Crippen molar-refractivity contribution in [1.29, 1.82) is 0 Å². The lowest BCUT2D eigenvalue weighted by Crippen LogP contribution is -2.37. The van der Waals surface area contributed by atoms with Gasteiger partial charge in [0.1, 0.15) is 19.8 Å². The zero-order valence-corrected chi connectivity index (χ0v) is 37.7. The Morgan fingerprint density at radius 1 is 0.554 bits per heavy atom. The van der Waals surface area contributed by atoms with E-state index in [-0.39, 0.29) is 26.1 Å². The summed E-state index contributed by atoms with van der Waals surface area (Å²) in [4.78, 5) is 37.6. The topological polar surface area (TPSA) is 111 Å². The molecule has 56 heavy (non-hydrogen) atoms. The molecule has 10 heteroatoms. The second-order valence-electron chi connectivity index (χ2n) is 16.4. The van der Waals surface area contributed by atoms with Gasteiger partial charge in [0.2, 0.25) is 0 Å². The zero-order valence-electron chi connectivity index (χ0n) is 36.8. The van der Waals surface area contributed by atoms with E-state index in [1.54, 1.807) is 0 Å². The number of ether oxygens (including phenoxy) is 2. The molecule has 0 saturated carbocycles. The Hall–Kier alpha value is -1.77. The molecule has 0 radical (unpaired) electrons. The Balaban J connectivity index is 4.36. The van der Waals surface area contributed by atoms with Crippen molar-refractivity contribution in [2.24, 2.45) is 0 Å². The Labute approximate surface area is 344 Å². The molecule has 0 aromatic carbocycles. The van der Waals surface area contributed by atoms with Crippen molar-refractivity contribution in [3.05, 3.63) is 36.5 Å². The van der Waals surface area contributed by atoms with Crippen LogP contribution in [0, 0.1) is 0 Å². The fourth-order valence-electron chi connectivity index (χ4n) is 6.03. The summed E-state index contributed by atoms with van der Waals surface area (Å²) in [5.41, 5.74) is 0. The summed E-state index contributed by atoms with van der Waals surface area (Å²) in [6.07, 6.45) is 43.0. The molecule has 0 aromatic heterocycles. The number of rotatable bonds is 41. The van der Waals surface area contributed by atoms with Crippen LogP contribution in [0.2, 0.25) is 0 Å². The summed E-state index contributed by atoms with van der Waals surface area (Å²) in [7, 11) is 1.16. The Kier molecular flexibility index (Phi) is 37.5. The van der Waals surface area contributed by atoms with Crippen LogP contribution in [0.4, 0.5) is 0 Å². The molecule has 0 heterocycles. The van der Waals surface area contributed by atoms with Crippen molar-refractivity contribution in [1.82, 2.24) is 0 Å². The van der Waals surface area contributed by atoms with E-state index >= 15 is 0 Å². The van der Waals surface area contributed by atoms with Gasteiger partial charge in [-0.15, -0.1) is 0 Å². The summed E-state index contributed by atoms with van der Waals surface area (Å²) in [6, 6.07) is 0. The lowest BCUT2D eigenvalue weighted by molar-refractivity contribution is -0.870. The number of unbranched alkanes of at least 4 members (excludes halogenated alkanes) is 21. The van der Waals surface area contributed by atoms with Gasteiger partial charge >= 0.3 is 11.9 Å². The van der Waals surface area contributed by atoms with Crippen molar-refractivity contribution in [3.8, 4) is 0 Å². The first-order valence-corrected chi connectivity index (χ1v) is 24.2. The van der Waals surface area contributed by atoms with Crippen molar-refractivity contribution in [2.75, 3.05) is 47.5 Å². The summed E-state index contributed by atoms with van der Waals surface area (Å²) < 4.78 is 33.9. The van der Waals surface area contributed by atoms with E-state index in [9.17, 15) is 19.0 Å². The van der Waals surface area contributed by atoms with Crippen LogP contribution in [-0.2, 0) is 32.7 Å². The van der Waals surface area contributed by atoms with Crippen molar-refractivity contribution >= 4 is 19.8 Å². The van der Waals surface area contributed by atoms with E-state index in [1.807, 2.05) is 21.1 Å². The van der Waals surface area contributed by atoms with Crippen LogP contribution < -0.4 is 4.89 Å². The number of carbonyl (C=O) groups excluding carboxylic acids is 2. The largest absolute Gasteiger partial charge is 0.756 e. The molecule has 2 atom stereocenters. The van der Waals surface area contributed by atoms with Crippen molar-refractivity contribution < 1.29 is 42.1 Å². The molecular formula is C46H86NO8P. The maximum absolute atomic E-state index is 12.7. The van der Waals surface area contributed by atoms with Gasteiger partial charge in [-0.3, -0.25) is 14.2 Å². The third-order valence-electron chi connectivity index (χ3n) is 9.63. The van der Waals surface area contributed by atoms with Gasteiger partial charge in [0, 0.05) is 12.8 Å². The van der Waals surface area contributed by atoms with Crippen LogP contribution >= 0.6 is 7.82 Å². The lowest BCUT2D eigenvalue weighted by Gasteiger charge is -2.28. The number of likely N-dealkylation sites (N-methyl/N-ethyl adjacent to an activating group) is 1. The van der Waals surface area contributed by atoms with Gasteiger partial charge in [0.15, 0.2) is 6.10 Å². The number of phosphoric ester groups is 1. The SMILES string of the molecule is CCCCC/C=C/C/C=C/CCCCCCCCCC(=O)O[C@H](COC(=O)CCCCCCCCC/C=C/CCCCCC)COP(=O)([O-])OCC[N+](C)(C)C. The van der Waals surface area contributed by atoms with Gasteiger partial charge in [-0.25, -0.2) is 0 Å². The number of phosphoric acid groups is 1. The summed E-state index contributed by atoms with van der Waals surface area (Å²) in [6.45, 7) is 4.18. The monoisotopic (exact) mass is 812 g/mol. The summed E-state index contributed by atoms with van der Waals surface area (Å²) in [5, 5.41) is 0. The van der Waals surface area contributed by atoms with Gasteiger partial charge in [-0.2, -0.15) is 0 Å². The number of carbonyl (C=O) groups is 2. The Morgan fingerprint density at radius 3 is 1.46 bits per heavy atom. The van der Waals surface area contributed by atoms with Gasteiger partial charge < -0.3 is 27.9 Å². The molecule has 0 saturated heterocycles. The molecule has 9 nitrogen and oxygen atoms in total. The molecule has 1 unspecified atom stereocenters. The minimum absolute atomic E-state index is 0.0332. The predicted molar refractivity (Wildman–Crippen MR) is 231 cm³/mol. The quantitative estimate of drug-likeness (QED) is 0.0197. The van der Waals surface area contributed by atoms with Crippen LogP contribution in [0.15, 0.2) is 36.5 Å². The fraction of sp³-hybridized carbons (Fsp3) is 0.826. The van der Waals surface area contributed by atoms with Gasteiger partial charge in [0.25, 0.3) is 7.82 Å². The standard InChI is InChI=1S/C46H86NO8P/c1-6-8-10-12-14-16-18-20-22-23-25-27-29-31-33-35-37-39-46(49)55-44(43-54-56(50,51)53-41-40-47(3,4)5)42-52-45(48)38-36-34-32-30-28-26-24-21-19-17-15-13-11-9-7-2/h14,16-17,19-20,22,44H,6-13,15,18,21,23-43H2,1-5H3/b16-14+,19-17+,22-20+/t44-/m1/s1. The first-order valence-electron chi connectivity index (χ1n) is 22.7. The zero-order chi connectivity index (χ0) is 41.4. The average molecular weight is 812 g/mol. The average Bonchev–Trinajstić information content (AvgIpc) is 3.15. The number of hydrogen-bond donors (Lipinski definition) is 0. The van der Waals surface area contributed by atoms with Crippen LogP contribution in [0.5, 0.6) is 0 Å². The molecule has 0 aliphatic carbocycles. The second kappa shape index (κ2) is 38.7. The lowest BCUT2D eigenvalue weighted by atomic mass is 10.1. The van der Waals surface area contributed by atoms with Gasteiger partial charge in [-0.05, 0) is 70.6 Å². The molecule has 0 aromatic rings. The minimum atomic E-state index is -4.63. The minimum Gasteiger partial charge on any atom is -0.756 e. The van der Waals surface area contributed by atoms with Crippen molar-refractivity contribution in [2.45, 2.75) is 200 Å². The highest BCUT2D eigenvalue weighted by atomic mass is 31.2. The molecule has 0 aliphatic heterocycles.